The van der Waals surface area contributed by atoms with Crippen LogP contribution in [-0.4, -0.2) is 76.9 Å². The number of hydrogen-bond acceptors (Lipinski definition) is 9. The Morgan fingerprint density at radius 3 is 2.48 bits per heavy atom. The van der Waals surface area contributed by atoms with Crippen molar-refractivity contribution in [3.8, 4) is 11.5 Å². The summed E-state index contributed by atoms with van der Waals surface area (Å²) in [5, 5.41) is 32.5. The number of phenolic OH excluding ortho intramolecular Hbond substituents is 1. The molecule has 4 atom stereocenters. The maximum Gasteiger partial charge on any atom is 0.455 e. The zero-order valence-corrected chi connectivity index (χ0v) is 20.6. The van der Waals surface area contributed by atoms with Gasteiger partial charge in [-0.15, -0.1) is 0 Å². The Balaban J connectivity index is 1.41. The normalized spacial score (nSPS) is 27.5. The van der Waals surface area contributed by atoms with Crippen molar-refractivity contribution in [3.63, 3.8) is 0 Å². The first-order valence-electron chi connectivity index (χ1n) is 9.85. The Morgan fingerprint density at radius 2 is 1.90 bits per heavy atom. The van der Waals surface area contributed by atoms with Crippen LogP contribution in [0.4, 0.5) is 0 Å². The predicted octanol–water partition coefficient (Wildman–Crippen LogP) is 0.916. The van der Waals surface area contributed by atoms with Crippen LogP contribution in [0, 0.1) is 0 Å². The molecule has 3 aliphatic rings. The van der Waals surface area contributed by atoms with Crippen molar-refractivity contribution < 1.29 is 35.6 Å². The molecule has 2 aliphatic heterocycles. The fourth-order valence-corrected chi connectivity index (χ4v) is 4.78. The quantitative estimate of drug-likeness (QED) is 0.249. The highest BCUT2D eigenvalue weighted by Gasteiger charge is 2.48. The number of likely N-dealkylation sites (tertiary alicyclic amines) is 1. The van der Waals surface area contributed by atoms with Gasteiger partial charge in [-0.1, -0.05) is 6.07 Å². The van der Waals surface area contributed by atoms with Crippen molar-refractivity contribution in [2.24, 2.45) is 0 Å². The molecule has 0 radical (unpaired) electrons. The monoisotopic (exact) mass is 658 g/mol. The van der Waals surface area contributed by atoms with Crippen molar-refractivity contribution in [3.05, 3.63) is 23.3 Å². The second-order valence-corrected chi connectivity index (χ2v) is 9.00. The van der Waals surface area contributed by atoms with E-state index in [2.05, 4.69) is 5.32 Å². The molecule has 4 rings (SSSR count). The second kappa shape index (κ2) is 9.55. The number of phenols is 1. The predicted molar refractivity (Wildman–Crippen MR) is 125 cm³/mol. The molecule has 1 unspecified atom stereocenters. The maximum atomic E-state index is 12.6. The fraction of sp³-hybridized carbons (Fsp3) is 0.556. The number of hydrogen-bond donors (Lipinski definition) is 4. The largest absolute Gasteiger partial charge is 0.507 e. The lowest BCUT2D eigenvalue weighted by Crippen LogP contribution is -2.59. The summed E-state index contributed by atoms with van der Waals surface area (Å²) in [6.07, 6.45) is 0.822. The number of halogens is 2. The summed E-state index contributed by atoms with van der Waals surface area (Å²) in [5.74, 6) is -1.51. The summed E-state index contributed by atoms with van der Waals surface area (Å²) in [6.45, 7) is 1.38. The number of nitrogens with zero attached hydrogens (tertiary/aromatic N) is 1. The third-order valence-corrected chi connectivity index (χ3v) is 7.15. The number of carbonyl (C=O) groups is 2. The van der Waals surface area contributed by atoms with Gasteiger partial charge in [0.05, 0.1) is 25.2 Å². The number of amides is 1. The van der Waals surface area contributed by atoms with E-state index < -0.39 is 13.1 Å². The van der Waals surface area contributed by atoms with Crippen molar-refractivity contribution in [2.75, 3.05) is 19.6 Å². The molecule has 4 N–H and O–H groups in total. The van der Waals surface area contributed by atoms with Crippen LogP contribution < -0.4 is 10.1 Å². The summed E-state index contributed by atoms with van der Waals surface area (Å²) >= 11 is 3.28. The lowest BCUT2D eigenvalue weighted by Gasteiger charge is -2.40. The summed E-state index contributed by atoms with van der Waals surface area (Å²) in [7, 11) is -1.48. The van der Waals surface area contributed by atoms with Crippen LogP contribution in [-0.2, 0) is 10.9 Å². The fourth-order valence-electron chi connectivity index (χ4n) is 4.18. The van der Waals surface area contributed by atoms with Crippen LogP contribution in [0.15, 0.2) is 12.1 Å². The van der Waals surface area contributed by atoms with Crippen molar-refractivity contribution in [1.82, 2.24) is 10.2 Å². The number of benzene rings is 1. The van der Waals surface area contributed by atoms with Crippen molar-refractivity contribution >= 4 is 65.0 Å². The van der Waals surface area contributed by atoms with E-state index in [-0.39, 0.29) is 53.0 Å². The number of ether oxygens (including phenoxy) is 1. The van der Waals surface area contributed by atoms with E-state index in [0.717, 1.165) is 0 Å². The highest BCUT2D eigenvalue weighted by Crippen LogP contribution is 2.57. The molecule has 168 valence electrons. The molecule has 2 heterocycles. The van der Waals surface area contributed by atoms with Crippen LogP contribution in [0.3, 0.4) is 0 Å². The average molecular weight is 658 g/mol. The molecule has 31 heavy (non-hydrogen) atoms. The van der Waals surface area contributed by atoms with Gasteiger partial charge in [0.2, 0.25) is 5.91 Å². The minimum Gasteiger partial charge on any atom is -0.507 e. The molecule has 2 saturated heterocycles. The minimum absolute atomic E-state index is 0.0109. The van der Waals surface area contributed by atoms with Gasteiger partial charge in [0.15, 0.2) is 23.0 Å². The van der Waals surface area contributed by atoms with Gasteiger partial charge in [-0.05, 0) is 24.0 Å². The zero-order chi connectivity index (χ0) is 22.3. The van der Waals surface area contributed by atoms with E-state index in [4.69, 9.17) is 10.9 Å². The summed E-state index contributed by atoms with van der Waals surface area (Å²) in [5.41, 5.74) is 0.348. The Labute approximate surface area is 207 Å². The summed E-state index contributed by atoms with van der Waals surface area (Å²) in [4.78, 5) is 26.6. The van der Waals surface area contributed by atoms with Gasteiger partial charge in [-0.2, -0.15) is 0 Å². The van der Waals surface area contributed by atoms with Crippen LogP contribution >= 0.6 is 46.0 Å². The SMILES string of the molecule is O=C(OI)c1c(OC2CN(C(=O)[C@@H]3CC(OI)CN3)C2)ccc([C@H]2C[C@H]2B(O)O)c1O. The number of aromatic hydroxyl groups is 1. The molecule has 3 fully saturated rings. The number of rotatable bonds is 7. The second-order valence-electron chi connectivity index (χ2n) is 8.05. The Bertz CT molecular complexity index is 869. The van der Waals surface area contributed by atoms with E-state index in [9.17, 15) is 24.7 Å². The van der Waals surface area contributed by atoms with Gasteiger partial charge >= 0.3 is 13.1 Å². The summed E-state index contributed by atoms with van der Waals surface area (Å²) in [6, 6.07) is 2.92. The first-order valence-corrected chi connectivity index (χ1v) is 11.6. The van der Waals surface area contributed by atoms with Crippen LogP contribution in [0.2, 0.25) is 5.82 Å². The van der Waals surface area contributed by atoms with E-state index in [1.165, 1.54) is 23.0 Å². The Hall–Kier alpha value is -0.875. The smallest absolute Gasteiger partial charge is 0.455 e. The molecule has 1 aromatic rings. The first kappa shape index (κ1) is 23.3. The van der Waals surface area contributed by atoms with Crippen molar-refractivity contribution in [2.45, 2.75) is 42.8 Å². The number of carbonyl (C=O) groups excluding carboxylic acids is 2. The standard InChI is InChI=1S/C18H21BI2N2O8/c20-30-8-3-13(22-5-8)17(25)23-6-9(7-23)29-14-2-1-10(11-4-12(11)19(27)28)16(24)15(14)18(26)31-21/h1-2,8-9,11-13,22,24,27-28H,3-7H2/t8?,11-,12-,13+/m1/s1. The molecule has 1 aromatic carbocycles. The molecule has 1 aliphatic carbocycles. The molecule has 0 bridgehead atoms. The molecule has 0 spiro atoms. The topological polar surface area (TPSA) is 138 Å². The van der Waals surface area contributed by atoms with E-state index in [1.54, 1.807) is 17.0 Å². The average Bonchev–Trinajstić information content (AvgIpc) is 3.37. The minimum atomic E-state index is -1.48. The molecule has 0 aromatic heterocycles. The molecule has 1 amide bonds. The van der Waals surface area contributed by atoms with Gasteiger partial charge in [-0.25, -0.2) is 4.79 Å². The molecule has 1 saturated carbocycles. The number of nitrogens with one attached hydrogen (secondary N) is 1. The third kappa shape index (κ3) is 4.76. The zero-order valence-electron chi connectivity index (χ0n) is 16.2. The van der Waals surface area contributed by atoms with Gasteiger partial charge < -0.3 is 36.2 Å². The van der Waals surface area contributed by atoms with Gasteiger partial charge in [0.25, 0.3) is 0 Å². The van der Waals surface area contributed by atoms with Gasteiger partial charge in [-0.3, -0.25) is 4.79 Å². The third-order valence-electron chi connectivity index (χ3n) is 6.04. The lowest BCUT2D eigenvalue weighted by molar-refractivity contribution is -0.142. The van der Waals surface area contributed by atoms with Gasteiger partial charge in [0.1, 0.15) is 46.2 Å². The highest BCUT2D eigenvalue weighted by atomic mass is 127. The summed E-state index contributed by atoms with van der Waals surface area (Å²) < 4.78 is 15.9. The molecular formula is C18H21BI2N2O8. The Morgan fingerprint density at radius 1 is 1.16 bits per heavy atom. The maximum absolute atomic E-state index is 12.6. The van der Waals surface area contributed by atoms with Crippen LogP contribution in [0.1, 0.15) is 34.7 Å². The Kier molecular flexibility index (Phi) is 7.17. The van der Waals surface area contributed by atoms with Gasteiger partial charge in [0, 0.05) is 18.8 Å². The van der Waals surface area contributed by atoms with Crippen molar-refractivity contribution in [1.29, 1.82) is 0 Å². The molecule has 13 heteroatoms. The molecular weight excluding hydrogens is 637 g/mol. The highest BCUT2D eigenvalue weighted by molar-refractivity contribution is 14.1. The van der Waals surface area contributed by atoms with E-state index in [1.807, 2.05) is 23.0 Å². The molecule has 10 nitrogen and oxygen atoms in total. The van der Waals surface area contributed by atoms with Crippen LogP contribution in [0.5, 0.6) is 11.5 Å². The van der Waals surface area contributed by atoms with E-state index >= 15 is 0 Å². The lowest BCUT2D eigenvalue weighted by atomic mass is 9.81. The van der Waals surface area contributed by atoms with Crippen LogP contribution in [0.25, 0.3) is 0 Å². The van der Waals surface area contributed by atoms with E-state index in [0.29, 0.717) is 38.0 Å². The first-order chi connectivity index (χ1) is 14.8.